The lowest BCUT2D eigenvalue weighted by atomic mass is 9.83. The number of aromatic nitrogens is 1. The molecule has 162 valence electrons. The molecule has 3 heterocycles. The van der Waals surface area contributed by atoms with E-state index in [1.54, 1.807) is 4.90 Å². The molecule has 2 aliphatic heterocycles. The quantitative estimate of drug-likeness (QED) is 0.810. The third-order valence-electron chi connectivity index (χ3n) is 7.21. The number of carboxylic acid groups (broad SMARTS) is 1. The number of ether oxygens (including phenoxy) is 1. The van der Waals surface area contributed by atoms with Crippen molar-refractivity contribution in [1.29, 1.82) is 5.26 Å². The molecule has 0 spiro atoms. The first-order valence-corrected chi connectivity index (χ1v) is 10.9. The van der Waals surface area contributed by atoms with E-state index in [-0.39, 0.29) is 11.5 Å². The van der Waals surface area contributed by atoms with Crippen LogP contribution in [0.25, 0.3) is 0 Å². The molecule has 30 heavy (non-hydrogen) atoms. The summed E-state index contributed by atoms with van der Waals surface area (Å²) in [6, 6.07) is 2.45. The van der Waals surface area contributed by atoms with Gasteiger partial charge < -0.3 is 14.7 Å². The number of amides is 1. The lowest BCUT2D eigenvalue weighted by Crippen LogP contribution is -2.65. The van der Waals surface area contributed by atoms with E-state index in [1.165, 1.54) is 0 Å². The van der Waals surface area contributed by atoms with Gasteiger partial charge in [0.25, 0.3) is 0 Å². The van der Waals surface area contributed by atoms with Crippen LogP contribution >= 0.6 is 0 Å². The predicted octanol–water partition coefficient (Wildman–Crippen LogP) is 3.90. The summed E-state index contributed by atoms with van der Waals surface area (Å²) < 4.78 is 6.07. The number of anilines is 1. The standard InChI is InChI=1S/C23H32N4O3/c1-14(2)23(5)13-26(8-9-27(23)21(28)29)20-17(11-24)16-10-22(3,4)30-12-18(16)19(25-20)15-6-7-15/h14-15H,6-10,12-13H2,1-5H3,(H,28,29)/t23-/m0/s1. The molecule has 1 saturated carbocycles. The summed E-state index contributed by atoms with van der Waals surface area (Å²) in [6.45, 7) is 12.2. The Hall–Kier alpha value is -2.33. The Labute approximate surface area is 178 Å². The molecule has 4 rings (SSSR count). The van der Waals surface area contributed by atoms with Gasteiger partial charge in [0, 0.05) is 37.5 Å². The number of fused-ring (bicyclic) bond motifs is 1. The van der Waals surface area contributed by atoms with Crippen LogP contribution in [-0.2, 0) is 17.8 Å². The van der Waals surface area contributed by atoms with Gasteiger partial charge in [-0.15, -0.1) is 0 Å². The molecule has 1 saturated heterocycles. The summed E-state index contributed by atoms with van der Waals surface area (Å²) in [4.78, 5) is 20.6. The average Bonchev–Trinajstić information content (AvgIpc) is 3.50. The van der Waals surface area contributed by atoms with Gasteiger partial charge in [-0.2, -0.15) is 5.26 Å². The first kappa shape index (κ1) is 20.9. The van der Waals surface area contributed by atoms with Gasteiger partial charge in [-0.3, -0.25) is 4.90 Å². The van der Waals surface area contributed by atoms with Crippen LogP contribution in [0.15, 0.2) is 0 Å². The fourth-order valence-corrected chi connectivity index (χ4v) is 4.84. The molecule has 2 fully saturated rings. The zero-order valence-electron chi connectivity index (χ0n) is 18.7. The zero-order chi connectivity index (χ0) is 21.8. The van der Waals surface area contributed by atoms with Gasteiger partial charge in [0.05, 0.1) is 29.0 Å². The maximum Gasteiger partial charge on any atom is 0.407 e. The fourth-order valence-electron chi connectivity index (χ4n) is 4.84. The molecular formula is C23H32N4O3. The molecule has 0 aromatic carbocycles. The summed E-state index contributed by atoms with van der Waals surface area (Å²) >= 11 is 0. The number of hydrogen-bond acceptors (Lipinski definition) is 5. The van der Waals surface area contributed by atoms with Crippen molar-refractivity contribution in [3.8, 4) is 6.07 Å². The molecule has 1 aromatic heterocycles. The highest BCUT2D eigenvalue weighted by Gasteiger charge is 2.45. The highest BCUT2D eigenvalue weighted by atomic mass is 16.5. The normalized spacial score (nSPS) is 25.8. The summed E-state index contributed by atoms with van der Waals surface area (Å²) in [5, 5.41) is 19.9. The maximum atomic E-state index is 11.9. The number of piperazine rings is 1. The Balaban J connectivity index is 1.80. The fraction of sp³-hybridized carbons (Fsp3) is 0.696. The van der Waals surface area contributed by atoms with Crippen LogP contribution < -0.4 is 4.90 Å². The zero-order valence-corrected chi connectivity index (χ0v) is 18.7. The van der Waals surface area contributed by atoms with Crippen molar-refractivity contribution in [2.75, 3.05) is 24.5 Å². The number of hydrogen-bond donors (Lipinski definition) is 1. The summed E-state index contributed by atoms with van der Waals surface area (Å²) in [7, 11) is 0. The van der Waals surface area contributed by atoms with Crippen LogP contribution in [0.3, 0.4) is 0 Å². The number of nitriles is 1. The Morgan fingerprint density at radius 2 is 1.97 bits per heavy atom. The van der Waals surface area contributed by atoms with E-state index in [9.17, 15) is 15.2 Å². The van der Waals surface area contributed by atoms with Crippen molar-refractivity contribution in [3.63, 3.8) is 0 Å². The number of pyridine rings is 1. The second-order valence-corrected chi connectivity index (χ2v) is 10.1. The lowest BCUT2D eigenvalue weighted by molar-refractivity contribution is -0.0407. The van der Waals surface area contributed by atoms with E-state index in [0.29, 0.717) is 44.1 Å². The van der Waals surface area contributed by atoms with Crippen molar-refractivity contribution < 1.29 is 14.6 Å². The second-order valence-electron chi connectivity index (χ2n) is 10.1. The van der Waals surface area contributed by atoms with Crippen LogP contribution in [0.2, 0.25) is 0 Å². The van der Waals surface area contributed by atoms with Gasteiger partial charge in [0.2, 0.25) is 0 Å². The summed E-state index contributed by atoms with van der Waals surface area (Å²) in [6.07, 6.45) is 2.06. The third kappa shape index (κ3) is 3.41. The molecule has 0 bridgehead atoms. The molecule has 1 atom stereocenters. The van der Waals surface area contributed by atoms with Crippen LogP contribution in [0, 0.1) is 17.2 Å². The molecular weight excluding hydrogens is 380 g/mol. The Kier molecular flexibility index (Phi) is 4.97. The van der Waals surface area contributed by atoms with E-state index in [0.717, 1.165) is 35.5 Å². The molecule has 0 unspecified atom stereocenters. The van der Waals surface area contributed by atoms with Crippen LogP contribution in [-0.4, -0.2) is 51.9 Å². The van der Waals surface area contributed by atoms with Crippen molar-refractivity contribution in [1.82, 2.24) is 9.88 Å². The third-order valence-corrected chi connectivity index (χ3v) is 7.21. The Morgan fingerprint density at radius 3 is 2.53 bits per heavy atom. The molecule has 1 N–H and O–H groups in total. The number of rotatable bonds is 3. The van der Waals surface area contributed by atoms with E-state index < -0.39 is 11.6 Å². The minimum atomic E-state index is -0.887. The Morgan fingerprint density at radius 1 is 1.27 bits per heavy atom. The largest absolute Gasteiger partial charge is 0.465 e. The smallest absolute Gasteiger partial charge is 0.407 e. The minimum Gasteiger partial charge on any atom is -0.465 e. The molecule has 7 heteroatoms. The van der Waals surface area contributed by atoms with Crippen LogP contribution in [0.5, 0.6) is 0 Å². The summed E-state index contributed by atoms with van der Waals surface area (Å²) in [5.74, 6) is 1.31. The average molecular weight is 413 g/mol. The Bertz CT molecular complexity index is 916. The van der Waals surface area contributed by atoms with E-state index in [1.807, 2.05) is 6.92 Å². The first-order valence-electron chi connectivity index (χ1n) is 10.9. The first-order chi connectivity index (χ1) is 14.1. The van der Waals surface area contributed by atoms with Crippen LogP contribution in [0.4, 0.5) is 10.6 Å². The minimum absolute atomic E-state index is 0.134. The SMILES string of the molecule is CC(C)[C@]1(C)CN(c2nc(C3CC3)c3c(c2C#N)CC(C)(C)OC3)CCN1C(=O)O. The van der Waals surface area contributed by atoms with Gasteiger partial charge in [0.1, 0.15) is 11.9 Å². The predicted molar refractivity (Wildman–Crippen MR) is 114 cm³/mol. The molecule has 1 aliphatic carbocycles. The van der Waals surface area contributed by atoms with Crippen molar-refractivity contribution >= 4 is 11.9 Å². The van der Waals surface area contributed by atoms with Gasteiger partial charge in [0.15, 0.2) is 0 Å². The second kappa shape index (κ2) is 7.12. The number of nitrogens with zero attached hydrogens (tertiary/aromatic N) is 4. The molecule has 1 amide bonds. The van der Waals surface area contributed by atoms with Gasteiger partial charge >= 0.3 is 6.09 Å². The topological polar surface area (TPSA) is 89.7 Å². The van der Waals surface area contributed by atoms with Gasteiger partial charge in [-0.1, -0.05) is 13.8 Å². The van der Waals surface area contributed by atoms with Crippen LogP contribution in [0.1, 0.15) is 75.8 Å². The highest BCUT2D eigenvalue weighted by Crippen LogP contribution is 2.46. The highest BCUT2D eigenvalue weighted by molar-refractivity contribution is 5.68. The molecule has 1 aromatic rings. The molecule has 3 aliphatic rings. The van der Waals surface area contributed by atoms with E-state index >= 15 is 0 Å². The molecule has 0 radical (unpaired) electrons. The van der Waals surface area contributed by atoms with Crippen molar-refractivity contribution in [2.24, 2.45) is 5.92 Å². The van der Waals surface area contributed by atoms with E-state index in [4.69, 9.17) is 9.72 Å². The monoisotopic (exact) mass is 412 g/mol. The van der Waals surface area contributed by atoms with Crippen molar-refractivity contribution in [3.05, 3.63) is 22.4 Å². The molecule has 7 nitrogen and oxygen atoms in total. The number of carbonyl (C=O) groups is 1. The van der Waals surface area contributed by atoms with Gasteiger partial charge in [-0.05, 0) is 45.1 Å². The summed E-state index contributed by atoms with van der Waals surface area (Å²) in [5.41, 5.74) is 3.05. The lowest BCUT2D eigenvalue weighted by Gasteiger charge is -2.50. The van der Waals surface area contributed by atoms with E-state index in [2.05, 4.69) is 38.7 Å². The van der Waals surface area contributed by atoms with Gasteiger partial charge in [-0.25, -0.2) is 9.78 Å². The maximum absolute atomic E-state index is 11.9. The van der Waals surface area contributed by atoms with Crippen molar-refractivity contribution in [2.45, 2.75) is 77.5 Å².